The fraction of sp³-hybridized carbons (Fsp3) is 0. The van der Waals surface area contributed by atoms with Gasteiger partial charge in [0.05, 0.1) is 10.2 Å². The van der Waals surface area contributed by atoms with Gasteiger partial charge in [-0.25, -0.2) is 0 Å². The Morgan fingerprint density at radius 3 is 0.828 bits per heavy atom. The number of phenols is 4. The van der Waals surface area contributed by atoms with Crippen molar-refractivity contribution >= 4 is 15.4 Å². The summed E-state index contributed by atoms with van der Waals surface area (Å²) >= 11 is 0. The summed E-state index contributed by atoms with van der Waals surface area (Å²) in [6.07, 6.45) is 0. The molecule has 4 nitrogen and oxygen atoms in total. The topological polar surface area (TPSA) is 80.9 Å². The van der Waals surface area contributed by atoms with Crippen LogP contribution >= 0.6 is 0 Å². The highest BCUT2D eigenvalue weighted by Gasteiger charge is 1.87. The number of hydrogen-bond donors (Lipinski definition) is 4. The number of hydrogen-bond acceptors (Lipinski definition) is 4. The van der Waals surface area contributed by atoms with Crippen molar-refractivity contribution in [1.82, 2.24) is 0 Å². The molecule has 0 saturated carbocycles. The first kappa shape index (κ1) is 23.3. The van der Waals surface area contributed by atoms with Crippen LogP contribution < -0.4 is 5.19 Å². The molecule has 4 aromatic carbocycles. The first-order valence-electron chi connectivity index (χ1n) is 8.70. The maximum atomic E-state index is 8.87. The second-order valence-corrected chi connectivity index (χ2v) is 6.06. The Kier molecular flexibility index (Phi) is 11.6. The van der Waals surface area contributed by atoms with E-state index in [9.17, 15) is 0 Å². The monoisotopic (exact) mass is 403 g/mol. The predicted octanol–water partition coefficient (Wildman–Crippen LogP) is 4.36. The lowest BCUT2D eigenvalue weighted by Crippen LogP contribution is -1.99. The van der Waals surface area contributed by atoms with E-state index >= 15 is 0 Å². The third-order valence-electron chi connectivity index (χ3n) is 3.17. The van der Waals surface area contributed by atoms with Crippen molar-refractivity contribution < 1.29 is 20.4 Å². The van der Waals surface area contributed by atoms with Crippen molar-refractivity contribution in [3.05, 3.63) is 115 Å². The van der Waals surface area contributed by atoms with Gasteiger partial charge in [0.25, 0.3) is 0 Å². The molecule has 0 unspecified atom stereocenters. The number of para-hydroxylation sites is 4. The molecule has 4 aromatic rings. The number of benzene rings is 4. The smallest absolute Gasteiger partial charge is 0.115 e. The summed E-state index contributed by atoms with van der Waals surface area (Å²) in [6.45, 7) is 0. The second-order valence-electron chi connectivity index (χ2n) is 5.52. The fourth-order valence-corrected chi connectivity index (χ4v) is 1.94. The molecule has 0 aliphatic rings. The molecule has 29 heavy (non-hydrogen) atoms. The van der Waals surface area contributed by atoms with Gasteiger partial charge >= 0.3 is 0 Å². The molecule has 4 rings (SSSR count). The summed E-state index contributed by atoms with van der Waals surface area (Å²) in [5.41, 5.74) is 0. The van der Waals surface area contributed by atoms with Crippen molar-refractivity contribution in [2.45, 2.75) is 0 Å². The van der Waals surface area contributed by atoms with Crippen molar-refractivity contribution in [2.75, 3.05) is 0 Å². The molecule has 0 saturated heterocycles. The van der Waals surface area contributed by atoms with Crippen LogP contribution in [0.25, 0.3) is 0 Å². The highest BCUT2D eigenvalue weighted by Crippen LogP contribution is 2.04. The highest BCUT2D eigenvalue weighted by atomic mass is 28.1. The van der Waals surface area contributed by atoms with E-state index in [-0.39, 0.29) is 5.75 Å². The molecule has 3 radical (unpaired) electrons. The lowest BCUT2D eigenvalue weighted by molar-refractivity contribution is 0.475. The van der Waals surface area contributed by atoms with E-state index in [2.05, 4.69) is 10.2 Å². The number of phenolic OH excluding ortho intramolecular Hbond substituents is 4. The van der Waals surface area contributed by atoms with Crippen LogP contribution in [-0.2, 0) is 0 Å². The average molecular weight is 404 g/mol. The van der Waals surface area contributed by atoms with Gasteiger partial charge in [0.2, 0.25) is 0 Å². The van der Waals surface area contributed by atoms with Gasteiger partial charge < -0.3 is 20.4 Å². The Balaban J connectivity index is 0.000000194. The average Bonchev–Trinajstić information content (AvgIpc) is 2.73. The van der Waals surface area contributed by atoms with Crippen LogP contribution in [0.4, 0.5) is 0 Å². The molecule has 0 atom stereocenters. The molecule has 0 aliphatic heterocycles. The molecule has 147 valence electrons. The zero-order valence-electron chi connectivity index (χ0n) is 15.8. The summed E-state index contributed by atoms with van der Waals surface area (Å²) < 4.78 is 0. The lowest BCUT2D eigenvalue weighted by Gasteiger charge is -1.92. The SMILES string of the molecule is Oc1ccccc1.Oc1ccccc1.Oc1ccccc1.Oc1ccccc1[Si]. The van der Waals surface area contributed by atoms with E-state index < -0.39 is 0 Å². The van der Waals surface area contributed by atoms with Crippen molar-refractivity contribution in [3.8, 4) is 23.0 Å². The van der Waals surface area contributed by atoms with Gasteiger partial charge in [-0.05, 0) is 47.7 Å². The summed E-state index contributed by atoms with van der Waals surface area (Å²) in [5.74, 6) is 1.25. The van der Waals surface area contributed by atoms with E-state index in [1.807, 2.05) is 24.3 Å². The normalized spacial score (nSPS) is 8.72. The van der Waals surface area contributed by atoms with E-state index in [4.69, 9.17) is 20.4 Å². The summed E-state index contributed by atoms with van der Waals surface area (Å²) in [7, 11) is 3.19. The van der Waals surface area contributed by atoms with Crippen LogP contribution in [0.1, 0.15) is 0 Å². The zero-order valence-corrected chi connectivity index (χ0v) is 16.8. The van der Waals surface area contributed by atoms with Gasteiger partial charge in [0.15, 0.2) is 0 Å². The van der Waals surface area contributed by atoms with Gasteiger partial charge in [0, 0.05) is 0 Å². The Labute approximate surface area is 174 Å². The van der Waals surface area contributed by atoms with Crippen LogP contribution in [0, 0.1) is 0 Å². The molecule has 0 aliphatic carbocycles. The molecular formula is C24H23O4Si. The minimum Gasteiger partial charge on any atom is -0.508 e. The quantitative estimate of drug-likeness (QED) is 0.329. The second kappa shape index (κ2) is 14.4. The predicted molar refractivity (Wildman–Crippen MR) is 118 cm³/mol. The first-order chi connectivity index (χ1) is 14.0. The van der Waals surface area contributed by atoms with E-state index in [1.54, 1.807) is 91.0 Å². The van der Waals surface area contributed by atoms with Crippen LogP contribution in [0.5, 0.6) is 23.0 Å². The molecule has 0 fully saturated rings. The van der Waals surface area contributed by atoms with Crippen molar-refractivity contribution in [3.63, 3.8) is 0 Å². The largest absolute Gasteiger partial charge is 0.508 e. The highest BCUT2D eigenvalue weighted by molar-refractivity contribution is 6.34. The van der Waals surface area contributed by atoms with E-state index in [0.717, 1.165) is 5.19 Å². The zero-order chi connectivity index (χ0) is 21.3. The molecule has 0 amide bonds. The summed E-state index contributed by atoms with van der Waals surface area (Å²) in [4.78, 5) is 0. The third-order valence-corrected chi connectivity index (χ3v) is 3.60. The Morgan fingerprint density at radius 1 is 0.379 bits per heavy atom. The van der Waals surface area contributed by atoms with Gasteiger partial charge in [-0.15, -0.1) is 0 Å². The Morgan fingerprint density at radius 2 is 0.655 bits per heavy atom. The maximum Gasteiger partial charge on any atom is 0.115 e. The molecule has 0 aromatic heterocycles. The molecule has 0 bridgehead atoms. The standard InChI is InChI=1S/C6H5OSi.3C6H6O/c7-5-3-1-2-4-6(5)8;3*7-6-4-2-1-3-5-6/h1-4,7H;3*1-5,7H. The molecule has 0 spiro atoms. The third kappa shape index (κ3) is 12.3. The lowest BCUT2D eigenvalue weighted by atomic mass is 10.3. The fourth-order valence-electron chi connectivity index (χ4n) is 1.76. The van der Waals surface area contributed by atoms with Gasteiger partial charge in [-0.1, -0.05) is 72.8 Å². The van der Waals surface area contributed by atoms with Crippen molar-refractivity contribution in [2.24, 2.45) is 0 Å². The summed E-state index contributed by atoms with van der Waals surface area (Å²) in [6, 6.07) is 33.2. The minimum atomic E-state index is 0.282. The van der Waals surface area contributed by atoms with E-state index in [0.29, 0.717) is 17.2 Å². The molecular weight excluding hydrogens is 380 g/mol. The van der Waals surface area contributed by atoms with Gasteiger partial charge in [0.1, 0.15) is 23.0 Å². The Bertz CT molecular complexity index is 791. The van der Waals surface area contributed by atoms with Crippen LogP contribution in [0.2, 0.25) is 0 Å². The number of aromatic hydroxyl groups is 4. The summed E-state index contributed by atoms with van der Waals surface area (Å²) in [5, 5.41) is 35.5. The van der Waals surface area contributed by atoms with Gasteiger partial charge in [-0.3, -0.25) is 0 Å². The van der Waals surface area contributed by atoms with Crippen LogP contribution in [0.3, 0.4) is 0 Å². The minimum absolute atomic E-state index is 0.282. The Hall–Kier alpha value is -3.70. The number of rotatable bonds is 0. The van der Waals surface area contributed by atoms with E-state index in [1.165, 1.54) is 0 Å². The first-order valence-corrected chi connectivity index (χ1v) is 9.20. The van der Waals surface area contributed by atoms with Gasteiger partial charge in [-0.2, -0.15) is 0 Å². The molecule has 0 heterocycles. The molecule has 5 heteroatoms. The van der Waals surface area contributed by atoms with Crippen molar-refractivity contribution in [1.29, 1.82) is 0 Å². The van der Waals surface area contributed by atoms with Crippen LogP contribution in [-0.4, -0.2) is 30.7 Å². The maximum absolute atomic E-state index is 8.87. The van der Waals surface area contributed by atoms with Crippen LogP contribution in [0.15, 0.2) is 115 Å². The molecule has 4 N–H and O–H groups in total.